The lowest BCUT2D eigenvalue weighted by Crippen LogP contribution is -1.82. The van der Waals surface area contributed by atoms with E-state index in [2.05, 4.69) is 4.98 Å². The van der Waals surface area contributed by atoms with Crippen molar-refractivity contribution in [1.82, 2.24) is 4.98 Å². The van der Waals surface area contributed by atoms with Gasteiger partial charge in [-0.15, -0.1) is 0 Å². The van der Waals surface area contributed by atoms with Crippen molar-refractivity contribution in [3.63, 3.8) is 0 Å². The number of fused-ring (bicyclic) bond motifs is 1. The number of aryl methyl sites for hydroxylation is 2. The van der Waals surface area contributed by atoms with Gasteiger partial charge in [-0.2, -0.15) is 0 Å². The Morgan fingerprint density at radius 1 is 1.23 bits per heavy atom. The molecule has 3 heteroatoms. The minimum absolute atomic E-state index is 0.276. The fourth-order valence-corrected chi connectivity index (χ4v) is 1.41. The molecule has 0 bridgehead atoms. The molecule has 1 N–H and O–H groups in total. The van der Waals surface area contributed by atoms with Crippen LogP contribution in [0, 0.1) is 20.8 Å². The van der Waals surface area contributed by atoms with Gasteiger partial charge in [0.1, 0.15) is 11.3 Å². The van der Waals surface area contributed by atoms with Crippen molar-refractivity contribution in [3.8, 4) is 5.75 Å². The Morgan fingerprint density at radius 2 is 1.92 bits per heavy atom. The van der Waals surface area contributed by atoms with Crippen LogP contribution in [-0.4, -0.2) is 10.1 Å². The second kappa shape index (κ2) is 2.49. The van der Waals surface area contributed by atoms with Gasteiger partial charge in [0, 0.05) is 18.6 Å². The van der Waals surface area contributed by atoms with Crippen LogP contribution in [0.2, 0.25) is 0 Å². The predicted octanol–water partition coefficient (Wildman–Crippen LogP) is 2.46. The fourth-order valence-electron chi connectivity index (χ4n) is 1.41. The van der Waals surface area contributed by atoms with Crippen LogP contribution in [0.1, 0.15) is 17.0 Å². The molecule has 0 aliphatic heterocycles. The van der Waals surface area contributed by atoms with Crippen molar-refractivity contribution >= 4 is 11.1 Å². The predicted molar refractivity (Wildman–Crippen MR) is 49.9 cm³/mol. The summed E-state index contributed by atoms with van der Waals surface area (Å²) in [6.07, 6.45) is 0. The Hall–Kier alpha value is -1.51. The Morgan fingerprint density at radius 3 is 2.62 bits per heavy atom. The Labute approximate surface area is 76.0 Å². The van der Waals surface area contributed by atoms with Gasteiger partial charge < -0.3 is 9.52 Å². The molecular formula is C10H11NO2. The summed E-state index contributed by atoms with van der Waals surface area (Å²) in [7, 11) is 0. The van der Waals surface area contributed by atoms with Gasteiger partial charge in [0.2, 0.25) is 0 Å². The molecule has 0 unspecified atom stereocenters. The van der Waals surface area contributed by atoms with E-state index in [-0.39, 0.29) is 5.75 Å². The molecule has 1 aromatic carbocycles. The number of rotatable bonds is 0. The zero-order valence-corrected chi connectivity index (χ0v) is 7.88. The molecule has 0 atom stereocenters. The highest BCUT2D eigenvalue weighted by Crippen LogP contribution is 2.28. The average molecular weight is 177 g/mol. The number of hydrogen-bond donors (Lipinski definition) is 1. The first-order chi connectivity index (χ1) is 6.09. The van der Waals surface area contributed by atoms with E-state index in [1.807, 2.05) is 13.8 Å². The summed E-state index contributed by atoms with van der Waals surface area (Å²) in [6, 6.07) is 1.63. The highest BCUT2D eigenvalue weighted by molar-refractivity contribution is 5.79. The van der Waals surface area contributed by atoms with Crippen LogP contribution in [0.3, 0.4) is 0 Å². The van der Waals surface area contributed by atoms with Gasteiger partial charge >= 0.3 is 0 Å². The lowest BCUT2D eigenvalue weighted by atomic mass is 10.1. The molecule has 0 fully saturated rings. The van der Waals surface area contributed by atoms with Gasteiger partial charge in [0.15, 0.2) is 11.5 Å². The van der Waals surface area contributed by atoms with Crippen molar-refractivity contribution in [2.75, 3.05) is 0 Å². The van der Waals surface area contributed by atoms with Gasteiger partial charge in [-0.1, -0.05) is 0 Å². The maximum Gasteiger partial charge on any atom is 0.192 e. The Balaban J connectivity index is 2.92. The minimum Gasteiger partial charge on any atom is -0.508 e. The fraction of sp³-hybridized carbons (Fsp3) is 0.300. The number of benzene rings is 1. The van der Waals surface area contributed by atoms with Crippen molar-refractivity contribution in [2.45, 2.75) is 20.8 Å². The SMILES string of the molecule is Cc1nc2cc(O)c(C)c(C)c2o1. The summed E-state index contributed by atoms with van der Waals surface area (Å²) in [4.78, 5) is 4.15. The number of nitrogens with zero attached hydrogens (tertiary/aromatic N) is 1. The van der Waals surface area contributed by atoms with E-state index < -0.39 is 0 Å². The van der Waals surface area contributed by atoms with Crippen LogP contribution < -0.4 is 0 Å². The number of aromatic nitrogens is 1. The summed E-state index contributed by atoms with van der Waals surface area (Å²) in [5, 5.41) is 9.53. The van der Waals surface area contributed by atoms with Crippen LogP contribution >= 0.6 is 0 Å². The first kappa shape index (κ1) is 8.10. The number of phenolic OH excluding ortho intramolecular Hbond substituents is 1. The molecule has 1 heterocycles. The van der Waals surface area contributed by atoms with Crippen LogP contribution in [0.5, 0.6) is 5.75 Å². The summed E-state index contributed by atoms with van der Waals surface area (Å²) in [5.41, 5.74) is 3.30. The molecule has 0 spiro atoms. The summed E-state index contributed by atoms with van der Waals surface area (Å²) < 4.78 is 5.41. The van der Waals surface area contributed by atoms with Crippen molar-refractivity contribution in [1.29, 1.82) is 0 Å². The molecule has 0 radical (unpaired) electrons. The van der Waals surface area contributed by atoms with Crippen molar-refractivity contribution in [3.05, 3.63) is 23.1 Å². The third kappa shape index (κ3) is 1.08. The molecule has 68 valence electrons. The Bertz CT molecular complexity index is 471. The normalized spacial score (nSPS) is 11.0. The van der Waals surface area contributed by atoms with E-state index in [1.165, 1.54) is 0 Å². The van der Waals surface area contributed by atoms with E-state index in [0.717, 1.165) is 22.2 Å². The smallest absolute Gasteiger partial charge is 0.192 e. The number of phenols is 1. The topological polar surface area (TPSA) is 46.3 Å². The largest absolute Gasteiger partial charge is 0.508 e. The third-order valence-electron chi connectivity index (χ3n) is 2.32. The monoisotopic (exact) mass is 177 g/mol. The van der Waals surface area contributed by atoms with E-state index >= 15 is 0 Å². The van der Waals surface area contributed by atoms with Crippen LogP contribution in [0.25, 0.3) is 11.1 Å². The second-order valence-corrected chi connectivity index (χ2v) is 3.23. The summed E-state index contributed by atoms with van der Waals surface area (Å²) in [5.74, 6) is 0.904. The van der Waals surface area contributed by atoms with Gasteiger partial charge in [-0.25, -0.2) is 4.98 Å². The van der Waals surface area contributed by atoms with Crippen LogP contribution in [0.4, 0.5) is 0 Å². The molecule has 2 aromatic rings. The summed E-state index contributed by atoms with van der Waals surface area (Å²) >= 11 is 0. The van der Waals surface area contributed by atoms with Crippen molar-refractivity contribution < 1.29 is 9.52 Å². The molecule has 0 saturated heterocycles. The van der Waals surface area contributed by atoms with Gasteiger partial charge in [-0.3, -0.25) is 0 Å². The quantitative estimate of drug-likeness (QED) is 0.672. The highest BCUT2D eigenvalue weighted by atomic mass is 16.3. The van der Waals surface area contributed by atoms with Crippen LogP contribution in [0.15, 0.2) is 10.5 Å². The molecule has 0 aliphatic rings. The second-order valence-electron chi connectivity index (χ2n) is 3.23. The highest BCUT2D eigenvalue weighted by Gasteiger charge is 2.10. The lowest BCUT2D eigenvalue weighted by molar-refractivity contribution is 0.471. The number of hydrogen-bond acceptors (Lipinski definition) is 3. The van der Waals surface area contributed by atoms with Gasteiger partial charge in [-0.05, 0) is 19.4 Å². The standard InChI is InChI=1S/C10H11NO2/c1-5-6(2)10-8(4-9(5)12)11-7(3)13-10/h4,12H,1-3H3. The molecule has 2 rings (SSSR count). The first-order valence-corrected chi connectivity index (χ1v) is 4.16. The third-order valence-corrected chi connectivity index (χ3v) is 2.32. The van der Waals surface area contributed by atoms with Crippen LogP contribution in [-0.2, 0) is 0 Å². The minimum atomic E-state index is 0.276. The molecule has 13 heavy (non-hydrogen) atoms. The zero-order chi connectivity index (χ0) is 9.59. The lowest BCUT2D eigenvalue weighted by Gasteiger charge is -2.01. The average Bonchev–Trinajstić information content (AvgIpc) is 2.42. The maximum absolute atomic E-state index is 9.53. The molecule has 0 saturated carbocycles. The molecule has 1 aromatic heterocycles. The molecule has 3 nitrogen and oxygen atoms in total. The van der Waals surface area contributed by atoms with E-state index in [1.54, 1.807) is 13.0 Å². The maximum atomic E-state index is 9.53. The zero-order valence-electron chi connectivity index (χ0n) is 7.88. The van der Waals surface area contributed by atoms with Crippen molar-refractivity contribution in [2.24, 2.45) is 0 Å². The summed E-state index contributed by atoms with van der Waals surface area (Å²) in [6.45, 7) is 5.58. The van der Waals surface area contributed by atoms with Gasteiger partial charge in [0.05, 0.1) is 0 Å². The van der Waals surface area contributed by atoms with E-state index in [9.17, 15) is 5.11 Å². The van der Waals surface area contributed by atoms with Gasteiger partial charge in [0.25, 0.3) is 0 Å². The Kier molecular flexibility index (Phi) is 1.55. The molecular weight excluding hydrogens is 166 g/mol. The van der Waals surface area contributed by atoms with E-state index in [0.29, 0.717) is 5.89 Å². The first-order valence-electron chi connectivity index (χ1n) is 4.16. The molecule has 0 aliphatic carbocycles. The van der Waals surface area contributed by atoms with E-state index in [4.69, 9.17) is 4.42 Å². The molecule has 0 amide bonds. The number of oxazole rings is 1. The number of aromatic hydroxyl groups is 1.